The molecular formula is C10H15NO2. The first kappa shape index (κ1) is 7.80. The summed E-state index contributed by atoms with van der Waals surface area (Å²) in [7, 11) is 0. The van der Waals surface area contributed by atoms with Crippen LogP contribution in [-0.2, 0) is 9.53 Å². The van der Waals surface area contributed by atoms with E-state index in [2.05, 4.69) is 5.32 Å². The molecule has 0 saturated carbocycles. The van der Waals surface area contributed by atoms with Gasteiger partial charge < -0.3 is 10.1 Å². The SMILES string of the molecule is O=C1CC(C2CC3CCC2O3)CN1. The van der Waals surface area contributed by atoms with Crippen molar-refractivity contribution in [2.75, 3.05) is 6.54 Å². The van der Waals surface area contributed by atoms with Crippen molar-refractivity contribution in [1.29, 1.82) is 0 Å². The van der Waals surface area contributed by atoms with Crippen molar-refractivity contribution in [2.45, 2.75) is 37.9 Å². The zero-order chi connectivity index (χ0) is 8.84. The first-order valence-corrected chi connectivity index (χ1v) is 5.25. The zero-order valence-electron chi connectivity index (χ0n) is 7.66. The Bertz CT molecular complexity index is 241. The molecule has 1 N–H and O–H groups in total. The lowest BCUT2D eigenvalue weighted by atomic mass is 9.79. The summed E-state index contributed by atoms with van der Waals surface area (Å²) in [5.74, 6) is 1.45. The summed E-state index contributed by atoms with van der Waals surface area (Å²) in [6.07, 6.45) is 5.39. The molecule has 72 valence electrons. The average Bonchev–Trinajstić information content (AvgIpc) is 2.77. The van der Waals surface area contributed by atoms with Gasteiger partial charge in [-0.15, -0.1) is 0 Å². The van der Waals surface area contributed by atoms with E-state index in [1.807, 2.05) is 0 Å². The van der Waals surface area contributed by atoms with Gasteiger partial charge in [-0.3, -0.25) is 4.79 Å². The predicted octanol–water partition coefficient (Wildman–Crippen LogP) is 0.690. The highest BCUT2D eigenvalue weighted by Crippen LogP contribution is 2.43. The van der Waals surface area contributed by atoms with Gasteiger partial charge in [0.25, 0.3) is 0 Å². The van der Waals surface area contributed by atoms with Crippen LogP contribution >= 0.6 is 0 Å². The molecule has 0 aromatic heterocycles. The summed E-state index contributed by atoms with van der Waals surface area (Å²) in [5, 5.41) is 2.91. The van der Waals surface area contributed by atoms with Crippen molar-refractivity contribution >= 4 is 5.91 Å². The van der Waals surface area contributed by atoms with Crippen LogP contribution in [-0.4, -0.2) is 24.7 Å². The average molecular weight is 181 g/mol. The second kappa shape index (κ2) is 2.71. The van der Waals surface area contributed by atoms with Crippen molar-refractivity contribution in [3.8, 4) is 0 Å². The first-order valence-electron chi connectivity index (χ1n) is 5.25. The number of hydrogen-bond acceptors (Lipinski definition) is 2. The molecule has 3 saturated heterocycles. The molecule has 3 aliphatic heterocycles. The third-order valence-electron chi connectivity index (χ3n) is 3.77. The van der Waals surface area contributed by atoms with E-state index in [1.54, 1.807) is 0 Å². The Labute approximate surface area is 77.8 Å². The van der Waals surface area contributed by atoms with E-state index in [-0.39, 0.29) is 5.91 Å². The van der Waals surface area contributed by atoms with Crippen LogP contribution in [0.15, 0.2) is 0 Å². The fraction of sp³-hybridized carbons (Fsp3) is 0.900. The fourth-order valence-electron chi connectivity index (χ4n) is 3.10. The van der Waals surface area contributed by atoms with Crippen molar-refractivity contribution in [3.05, 3.63) is 0 Å². The van der Waals surface area contributed by atoms with Gasteiger partial charge in [-0.1, -0.05) is 0 Å². The molecule has 1 amide bonds. The van der Waals surface area contributed by atoms with E-state index < -0.39 is 0 Å². The van der Waals surface area contributed by atoms with Gasteiger partial charge in [0.2, 0.25) is 5.91 Å². The quantitative estimate of drug-likeness (QED) is 0.646. The third-order valence-corrected chi connectivity index (χ3v) is 3.77. The van der Waals surface area contributed by atoms with Crippen LogP contribution in [0, 0.1) is 11.8 Å². The number of hydrogen-bond donors (Lipinski definition) is 1. The summed E-state index contributed by atoms with van der Waals surface area (Å²) >= 11 is 0. The Morgan fingerprint density at radius 3 is 2.85 bits per heavy atom. The minimum atomic E-state index is 0.229. The Balaban J connectivity index is 1.69. The largest absolute Gasteiger partial charge is 0.375 e. The molecule has 4 unspecified atom stereocenters. The monoisotopic (exact) mass is 181 g/mol. The highest BCUT2D eigenvalue weighted by atomic mass is 16.5. The van der Waals surface area contributed by atoms with Crippen LogP contribution in [0.4, 0.5) is 0 Å². The van der Waals surface area contributed by atoms with E-state index >= 15 is 0 Å². The molecular weight excluding hydrogens is 166 g/mol. The Kier molecular flexibility index (Phi) is 1.62. The maximum absolute atomic E-state index is 11.1. The zero-order valence-corrected chi connectivity index (χ0v) is 7.66. The molecule has 3 fully saturated rings. The molecule has 13 heavy (non-hydrogen) atoms. The van der Waals surface area contributed by atoms with Crippen LogP contribution in [0.25, 0.3) is 0 Å². The third kappa shape index (κ3) is 1.17. The Hall–Kier alpha value is -0.570. The van der Waals surface area contributed by atoms with Crippen molar-refractivity contribution in [3.63, 3.8) is 0 Å². The maximum atomic E-state index is 11.1. The van der Waals surface area contributed by atoms with Gasteiger partial charge in [-0.05, 0) is 31.1 Å². The van der Waals surface area contributed by atoms with Crippen LogP contribution in [0.1, 0.15) is 25.7 Å². The summed E-state index contributed by atoms with van der Waals surface area (Å²) in [6.45, 7) is 0.885. The molecule has 0 aromatic rings. The summed E-state index contributed by atoms with van der Waals surface area (Å²) in [4.78, 5) is 11.1. The number of carbonyl (C=O) groups is 1. The number of ether oxygens (including phenoxy) is 1. The number of nitrogens with one attached hydrogen (secondary N) is 1. The highest BCUT2D eigenvalue weighted by Gasteiger charge is 2.45. The van der Waals surface area contributed by atoms with Gasteiger partial charge in [-0.2, -0.15) is 0 Å². The molecule has 0 spiro atoms. The fourth-order valence-corrected chi connectivity index (χ4v) is 3.10. The van der Waals surface area contributed by atoms with Crippen molar-refractivity contribution in [1.82, 2.24) is 5.32 Å². The number of carbonyl (C=O) groups excluding carboxylic acids is 1. The summed E-state index contributed by atoms with van der Waals surface area (Å²) < 4.78 is 5.79. The molecule has 4 atom stereocenters. The second-order valence-electron chi connectivity index (χ2n) is 4.54. The molecule has 2 bridgehead atoms. The van der Waals surface area contributed by atoms with E-state index in [0.717, 1.165) is 13.0 Å². The lowest BCUT2D eigenvalue weighted by Gasteiger charge is -2.23. The standard InChI is InChI=1S/C10H15NO2/c12-10-3-6(5-11-10)8-4-7-1-2-9(8)13-7/h6-9H,1-5H2,(H,11,12). The predicted molar refractivity (Wildman–Crippen MR) is 47.1 cm³/mol. The first-order chi connectivity index (χ1) is 6.33. The van der Waals surface area contributed by atoms with E-state index in [1.165, 1.54) is 19.3 Å². The van der Waals surface area contributed by atoms with Gasteiger partial charge in [0.15, 0.2) is 0 Å². The smallest absolute Gasteiger partial charge is 0.220 e. The molecule has 3 rings (SSSR count). The van der Waals surface area contributed by atoms with E-state index in [9.17, 15) is 4.79 Å². The molecule has 0 aromatic carbocycles. The molecule has 0 aliphatic carbocycles. The minimum Gasteiger partial charge on any atom is -0.375 e. The maximum Gasteiger partial charge on any atom is 0.220 e. The van der Waals surface area contributed by atoms with Crippen LogP contribution in [0.3, 0.4) is 0 Å². The van der Waals surface area contributed by atoms with Crippen molar-refractivity contribution < 1.29 is 9.53 Å². The van der Waals surface area contributed by atoms with Crippen LogP contribution in [0.2, 0.25) is 0 Å². The van der Waals surface area contributed by atoms with E-state index in [4.69, 9.17) is 4.74 Å². The topological polar surface area (TPSA) is 38.3 Å². The van der Waals surface area contributed by atoms with Gasteiger partial charge in [0.05, 0.1) is 12.2 Å². The minimum absolute atomic E-state index is 0.229. The number of amides is 1. The molecule has 0 radical (unpaired) electrons. The van der Waals surface area contributed by atoms with Crippen LogP contribution in [0.5, 0.6) is 0 Å². The Morgan fingerprint density at radius 2 is 2.31 bits per heavy atom. The van der Waals surface area contributed by atoms with Crippen molar-refractivity contribution in [2.24, 2.45) is 11.8 Å². The van der Waals surface area contributed by atoms with Gasteiger partial charge in [0.1, 0.15) is 0 Å². The Morgan fingerprint density at radius 1 is 1.38 bits per heavy atom. The van der Waals surface area contributed by atoms with Gasteiger partial charge in [-0.25, -0.2) is 0 Å². The summed E-state index contributed by atoms with van der Waals surface area (Å²) in [6, 6.07) is 0. The van der Waals surface area contributed by atoms with E-state index in [0.29, 0.717) is 24.0 Å². The highest BCUT2D eigenvalue weighted by molar-refractivity contribution is 5.78. The number of fused-ring (bicyclic) bond motifs is 2. The summed E-state index contributed by atoms with van der Waals surface area (Å²) in [5.41, 5.74) is 0. The van der Waals surface area contributed by atoms with Gasteiger partial charge in [0, 0.05) is 13.0 Å². The number of rotatable bonds is 1. The van der Waals surface area contributed by atoms with Crippen LogP contribution < -0.4 is 5.32 Å². The second-order valence-corrected chi connectivity index (χ2v) is 4.54. The molecule has 3 heterocycles. The lowest BCUT2D eigenvalue weighted by Crippen LogP contribution is -2.26. The van der Waals surface area contributed by atoms with Gasteiger partial charge >= 0.3 is 0 Å². The molecule has 3 nitrogen and oxygen atoms in total. The molecule has 3 heteroatoms. The molecule has 3 aliphatic rings. The normalized spacial score (nSPS) is 48.5. The lowest BCUT2D eigenvalue weighted by molar-refractivity contribution is -0.119.